The Morgan fingerprint density at radius 1 is 0.448 bits per heavy atom. The first kappa shape index (κ1) is 45.2. The Kier molecular flexibility index (Phi) is 15.9. The molecular weight excluding hydrogens is 730 g/mol. The van der Waals surface area contributed by atoms with Crippen LogP contribution in [0.3, 0.4) is 0 Å². The van der Waals surface area contributed by atoms with E-state index >= 15 is 0 Å². The minimum atomic E-state index is 0. The summed E-state index contributed by atoms with van der Waals surface area (Å²) in [6, 6.07) is 26.5. The molecule has 58 heavy (non-hydrogen) atoms. The van der Waals surface area contributed by atoms with Crippen molar-refractivity contribution in [2.24, 2.45) is 53.3 Å². The van der Waals surface area contributed by atoms with Crippen LogP contribution < -0.4 is 0 Å². The van der Waals surface area contributed by atoms with Gasteiger partial charge in [0.15, 0.2) is 0 Å². The molecule has 3 aromatic rings. The van der Waals surface area contributed by atoms with Crippen LogP contribution >= 0.6 is 12.4 Å². The fraction of sp³-hybridized carbons (Fsp3) is 0.660. The van der Waals surface area contributed by atoms with Crippen LogP contribution in [0.1, 0.15) is 123 Å². The van der Waals surface area contributed by atoms with Gasteiger partial charge in [0.1, 0.15) is 5.75 Å². The van der Waals surface area contributed by atoms with Crippen molar-refractivity contribution in [1.29, 1.82) is 0 Å². The minimum Gasteiger partial charge on any atom is -0.508 e. The highest BCUT2D eigenvalue weighted by molar-refractivity contribution is 5.85. The van der Waals surface area contributed by atoms with E-state index in [4.69, 9.17) is 0 Å². The summed E-state index contributed by atoms with van der Waals surface area (Å²) in [7, 11) is 13.3. The summed E-state index contributed by atoms with van der Waals surface area (Å²) in [5.41, 5.74) is 7.38. The van der Waals surface area contributed by atoms with Gasteiger partial charge in [-0.25, -0.2) is 0 Å². The van der Waals surface area contributed by atoms with E-state index in [1.54, 1.807) is 17.2 Å². The van der Waals surface area contributed by atoms with Crippen LogP contribution in [0.2, 0.25) is 0 Å². The number of hydrogen-bond acceptors (Lipinski definition) is 4. The number of aryl methyl sites for hydroxylation is 2. The van der Waals surface area contributed by atoms with E-state index in [1.165, 1.54) is 113 Å². The van der Waals surface area contributed by atoms with Crippen molar-refractivity contribution in [1.82, 2.24) is 14.7 Å². The normalized spacial score (nSPS) is 33.3. The minimum absolute atomic E-state index is 0. The molecule has 4 nitrogen and oxygen atoms in total. The van der Waals surface area contributed by atoms with Crippen LogP contribution in [0.4, 0.5) is 0 Å². The smallest absolute Gasteiger partial charge is 0.115 e. The molecule has 9 rings (SSSR count). The molecule has 6 aliphatic carbocycles. The summed E-state index contributed by atoms with van der Waals surface area (Å²) in [5, 5.41) is 9.75. The summed E-state index contributed by atoms with van der Waals surface area (Å²) >= 11 is 0. The van der Waals surface area contributed by atoms with Crippen LogP contribution in [0.5, 0.6) is 5.75 Å². The predicted molar refractivity (Wildman–Crippen MR) is 248 cm³/mol. The quantitative estimate of drug-likeness (QED) is 0.233. The molecule has 6 fully saturated rings. The van der Waals surface area contributed by atoms with E-state index in [9.17, 15) is 5.11 Å². The summed E-state index contributed by atoms with van der Waals surface area (Å²) in [6.07, 6.45) is 17.4. The van der Waals surface area contributed by atoms with Gasteiger partial charge in [-0.15, -0.1) is 12.4 Å². The summed E-state index contributed by atoms with van der Waals surface area (Å²) in [5.74, 6) is 11.0. The molecule has 0 radical (unpaired) electrons. The fourth-order valence-electron chi connectivity index (χ4n) is 13.5. The lowest BCUT2D eigenvalue weighted by molar-refractivity contribution is 0.165. The SMILES string of the molecule is CN(C)C[C@H]1[C@H]2CC[C@H](C2)C[C@H]1c1cccc(O)c1.Cc1cccc([C@@H]2C[C@@H]3CC[C@@H](C3)[C@@H]2CN(C)C)c1.Cc1cccc([C@@H]2C[C@@H]3CC[C@@H](C3)[C@@H]2CN(C)C)c1.Cl. The summed E-state index contributed by atoms with van der Waals surface area (Å²) in [6.45, 7) is 8.15. The lowest BCUT2D eigenvalue weighted by Gasteiger charge is -2.38. The number of phenolic OH excluding ortho intramolecular Hbond substituents is 1. The Bertz CT molecular complexity index is 1520. The van der Waals surface area contributed by atoms with Crippen LogP contribution in [0.25, 0.3) is 0 Å². The lowest BCUT2D eigenvalue weighted by Crippen LogP contribution is -2.34. The zero-order valence-corrected chi connectivity index (χ0v) is 38.5. The molecule has 1 N–H and O–H groups in total. The monoisotopic (exact) mass is 810 g/mol. The number of fused-ring (bicyclic) bond motifs is 6. The molecule has 0 aliphatic heterocycles. The number of aromatic hydroxyl groups is 1. The Morgan fingerprint density at radius 3 is 1.09 bits per heavy atom. The molecule has 0 heterocycles. The second kappa shape index (κ2) is 20.5. The highest BCUT2D eigenvalue weighted by Crippen LogP contribution is 2.54. The van der Waals surface area contributed by atoms with Crippen molar-refractivity contribution in [3.63, 3.8) is 0 Å². The maximum absolute atomic E-state index is 9.75. The summed E-state index contributed by atoms with van der Waals surface area (Å²) in [4.78, 5) is 7.12. The van der Waals surface area contributed by atoms with E-state index in [-0.39, 0.29) is 12.4 Å². The second-order valence-corrected chi connectivity index (χ2v) is 21.0. The highest BCUT2D eigenvalue weighted by Gasteiger charge is 2.44. The van der Waals surface area contributed by atoms with Crippen molar-refractivity contribution in [2.45, 2.75) is 109 Å². The second-order valence-electron chi connectivity index (χ2n) is 21.0. The first-order valence-electron chi connectivity index (χ1n) is 23.3. The third kappa shape index (κ3) is 11.3. The molecule has 6 saturated carbocycles. The van der Waals surface area contributed by atoms with Gasteiger partial charge >= 0.3 is 0 Å². The maximum Gasteiger partial charge on any atom is 0.115 e. The average molecular weight is 811 g/mol. The topological polar surface area (TPSA) is 30.0 Å². The molecule has 0 aromatic heterocycles. The number of nitrogens with zero attached hydrogens (tertiary/aromatic N) is 3. The molecule has 3 aromatic carbocycles. The van der Waals surface area contributed by atoms with Gasteiger partial charge in [-0.05, 0) is 214 Å². The van der Waals surface area contributed by atoms with Crippen molar-refractivity contribution < 1.29 is 5.11 Å². The molecule has 320 valence electrons. The lowest BCUT2D eigenvalue weighted by atomic mass is 9.69. The van der Waals surface area contributed by atoms with E-state index in [1.807, 2.05) is 12.1 Å². The largest absolute Gasteiger partial charge is 0.508 e. The first-order valence-corrected chi connectivity index (χ1v) is 23.3. The molecule has 6 aliphatic rings. The average Bonchev–Trinajstić information content (AvgIpc) is 3.89. The zero-order chi connectivity index (χ0) is 40.2. The molecule has 0 unspecified atom stereocenters. The van der Waals surface area contributed by atoms with E-state index < -0.39 is 0 Å². The van der Waals surface area contributed by atoms with Crippen LogP contribution in [-0.2, 0) is 0 Å². The van der Waals surface area contributed by atoms with Crippen molar-refractivity contribution in [2.75, 3.05) is 61.9 Å². The Morgan fingerprint density at radius 2 is 0.776 bits per heavy atom. The highest BCUT2D eigenvalue weighted by atomic mass is 35.5. The van der Waals surface area contributed by atoms with Gasteiger partial charge in [0, 0.05) is 19.6 Å². The Hall–Kier alpha value is -2.37. The van der Waals surface area contributed by atoms with Gasteiger partial charge in [0.2, 0.25) is 0 Å². The fourth-order valence-corrected chi connectivity index (χ4v) is 13.5. The van der Waals surface area contributed by atoms with E-state index in [0.29, 0.717) is 11.7 Å². The molecule has 6 bridgehead atoms. The van der Waals surface area contributed by atoms with Crippen molar-refractivity contribution >= 4 is 12.4 Å². The molecule has 12 atom stereocenters. The predicted octanol–water partition coefficient (Wildman–Crippen LogP) is 12.0. The van der Waals surface area contributed by atoms with E-state index in [0.717, 1.165) is 65.1 Å². The third-order valence-electron chi connectivity index (χ3n) is 15.8. The molecule has 0 saturated heterocycles. The maximum atomic E-state index is 9.75. The van der Waals surface area contributed by atoms with Gasteiger partial charge in [-0.2, -0.15) is 0 Å². The van der Waals surface area contributed by atoms with Gasteiger partial charge in [-0.3, -0.25) is 0 Å². The zero-order valence-electron chi connectivity index (χ0n) is 37.7. The van der Waals surface area contributed by atoms with Crippen LogP contribution in [0, 0.1) is 67.1 Å². The van der Waals surface area contributed by atoms with Crippen molar-refractivity contribution in [3.8, 4) is 5.75 Å². The number of phenols is 1. The first-order chi connectivity index (χ1) is 27.4. The Balaban J connectivity index is 0.000000145. The number of halogens is 1. The molecular formula is C53H80ClN3O. The Labute approximate surface area is 361 Å². The van der Waals surface area contributed by atoms with Crippen LogP contribution in [0.15, 0.2) is 72.8 Å². The van der Waals surface area contributed by atoms with Gasteiger partial charge in [0.05, 0.1) is 0 Å². The molecule has 0 spiro atoms. The van der Waals surface area contributed by atoms with Crippen LogP contribution in [-0.4, -0.2) is 81.7 Å². The van der Waals surface area contributed by atoms with E-state index in [2.05, 4.69) is 125 Å². The van der Waals surface area contributed by atoms with Gasteiger partial charge in [-0.1, -0.05) is 91.1 Å². The summed E-state index contributed by atoms with van der Waals surface area (Å²) < 4.78 is 0. The van der Waals surface area contributed by atoms with Crippen molar-refractivity contribution in [3.05, 3.63) is 101 Å². The van der Waals surface area contributed by atoms with Gasteiger partial charge in [0.25, 0.3) is 0 Å². The third-order valence-corrected chi connectivity index (χ3v) is 15.8. The standard InChI is InChI=1S/2C18H27N.C17H25NO.ClH/c2*1-13-5-4-6-15(9-13)17-11-14-7-8-16(10-14)18(17)12-19(2)3;1-18(2)11-17-14-7-6-12(8-14)9-16(17)13-4-3-5-15(19)10-13;/h2*4-6,9,14,16-18H,7-8,10-12H2,1-3H3;3-5,10,12,14,16-17,19H,6-9,11H2,1-2H3;1H/t2*14-,16+,17+,18+;12-,14+,16+,17+;/m111./s1. The molecule has 5 heteroatoms. The van der Waals surface area contributed by atoms with Gasteiger partial charge < -0.3 is 19.8 Å². The number of rotatable bonds is 9. The number of hydrogen-bond donors (Lipinski definition) is 1. The molecule has 0 amide bonds. The number of benzene rings is 3.